The maximum Gasteiger partial charge on any atom is 0.274 e. The van der Waals surface area contributed by atoms with Crippen LogP contribution in [0.3, 0.4) is 0 Å². The number of allylic oxidation sites excluding steroid dienone is 3. The van der Waals surface area contributed by atoms with E-state index in [0.29, 0.717) is 16.5 Å². The quantitative estimate of drug-likeness (QED) is 0.908. The highest BCUT2D eigenvalue weighted by Crippen LogP contribution is 2.22. The molecule has 2 heterocycles. The number of pyridine rings is 1. The van der Waals surface area contributed by atoms with Gasteiger partial charge in [0.1, 0.15) is 5.52 Å². The van der Waals surface area contributed by atoms with Crippen molar-refractivity contribution in [1.29, 1.82) is 0 Å². The van der Waals surface area contributed by atoms with Crippen LogP contribution in [0, 0.1) is 5.92 Å². The van der Waals surface area contributed by atoms with Crippen molar-refractivity contribution in [3.8, 4) is 0 Å². The monoisotopic (exact) mass is 331 g/mol. The number of aromatic nitrogens is 2. The Morgan fingerprint density at radius 2 is 2.30 bits per heavy atom. The van der Waals surface area contributed by atoms with Crippen molar-refractivity contribution >= 4 is 28.4 Å². The average molecular weight is 332 g/mol. The Morgan fingerprint density at radius 3 is 3.00 bits per heavy atom. The minimum absolute atomic E-state index is 0.0361. The van der Waals surface area contributed by atoms with Crippen LogP contribution in [-0.2, 0) is 7.05 Å². The molecule has 2 aromatic heterocycles. The number of rotatable bonds is 3. The zero-order valence-electron chi connectivity index (χ0n) is 13.0. The van der Waals surface area contributed by atoms with Gasteiger partial charge in [0.15, 0.2) is 0 Å². The molecule has 2 unspecified atom stereocenters. The molecule has 1 aliphatic carbocycles. The SMILES string of the molecule is CC(NC(=O)c1cn(C)c(=O)c2[nH]ccc12)C1C=CC(Cl)=CC1. The minimum Gasteiger partial charge on any atom is -0.357 e. The van der Waals surface area contributed by atoms with Crippen molar-refractivity contribution in [3.63, 3.8) is 0 Å². The molecular weight excluding hydrogens is 314 g/mol. The fourth-order valence-corrected chi connectivity index (χ4v) is 2.98. The third kappa shape index (κ3) is 2.97. The van der Waals surface area contributed by atoms with Crippen molar-refractivity contribution in [2.75, 3.05) is 0 Å². The summed E-state index contributed by atoms with van der Waals surface area (Å²) in [5.74, 6) is 0.0162. The summed E-state index contributed by atoms with van der Waals surface area (Å²) < 4.78 is 1.42. The number of halogens is 1. The van der Waals surface area contributed by atoms with Crippen LogP contribution < -0.4 is 10.9 Å². The van der Waals surface area contributed by atoms with E-state index < -0.39 is 0 Å². The molecule has 0 aromatic carbocycles. The predicted octanol–water partition coefficient (Wildman–Crippen LogP) is 2.68. The number of hydrogen-bond donors (Lipinski definition) is 2. The Balaban J connectivity index is 1.84. The Labute approximate surface area is 138 Å². The molecule has 0 saturated heterocycles. The first-order valence-corrected chi connectivity index (χ1v) is 7.86. The van der Waals surface area contributed by atoms with Gasteiger partial charge in [-0.05, 0) is 25.5 Å². The van der Waals surface area contributed by atoms with Crippen LogP contribution in [0.5, 0.6) is 0 Å². The third-order valence-electron chi connectivity index (χ3n) is 4.23. The lowest BCUT2D eigenvalue weighted by atomic mass is 9.93. The van der Waals surface area contributed by atoms with E-state index in [0.717, 1.165) is 11.5 Å². The first-order valence-electron chi connectivity index (χ1n) is 7.49. The number of hydrogen-bond acceptors (Lipinski definition) is 2. The Hall–Kier alpha value is -2.27. The fourth-order valence-electron chi connectivity index (χ4n) is 2.82. The molecule has 3 rings (SSSR count). The van der Waals surface area contributed by atoms with Gasteiger partial charge in [0.05, 0.1) is 5.56 Å². The van der Waals surface area contributed by atoms with Crippen LogP contribution in [0.15, 0.2) is 46.5 Å². The number of amides is 1. The molecular formula is C17H18ClN3O2. The van der Waals surface area contributed by atoms with Gasteiger partial charge in [0.25, 0.3) is 11.5 Å². The van der Waals surface area contributed by atoms with E-state index in [1.54, 1.807) is 25.5 Å². The molecule has 0 bridgehead atoms. The molecule has 0 fully saturated rings. The Kier molecular flexibility index (Phi) is 4.13. The smallest absolute Gasteiger partial charge is 0.274 e. The lowest BCUT2D eigenvalue weighted by molar-refractivity contribution is 0.0933. The highest BCUT2D eigenvalue weighted by molar-refractivity contribution is 6.31. The second kappa shape index (κ2) is 6.08. The summed E-state index contributed by atoms with van der Waals surface area (Å²) >= 11 is 5.92. The van der Waals surface area contributed by atoms with E-state index in [9.17, 15) is 9.59 Å². The predicted molar refractivity (Wildman–Crippen MR) is 91.7 cm³/mol. The van der Waals surface area contributed by atoms with Crippen molar-refractivity contribution in [1.82, 2.24) is 14.9 Å². The first-order chi connectivity index (χ1) is 11.0. The molecule has 23 heavy (non-hydrogen) atoms. The van der Waals surface area contributed by atoms with Gasteiger partial charge in [-0.3, -0.25) is 9.59 Å². The number of nitrogens with one attached hydrogen (secondary N) is 2. The van der Waals surface area contributed by atoms with Crippen LogP contribution in [0.1, 0.15) is 23.7 Å². The highest BCUT2D eigenvalue weighted by atomic mass is 35.5. The largest absolute Gasteiger partial charge is 0.357 e. The summed E-state index contributed by atoms with van der Waals surface area (Å²) in [6.45, 7) is 1.97. The van der Waals surface area contributed by atoms with Gasteiger partial charge in [-0.1, -0.05) is 23.8 Å². The first kappa shape index (κ1) is 15.6. The Bertz CT molecular complexity index is 876. The van der Waals surface area contributed by atoms with Crippen LogP contribution in [0.2, 0.25) is 0 Å². The van der Waals surface area contributed by atoms with Gasteiger partial charge >= 0.3 is 0 Å². The second-order valence-electron chi connectivity index (χ2n) is 5.83. The average Bonchev–Trinajstić information content (AvgIpc) is 3.01. The molecule has 2 aromatic rings. The lowest BCUT2D eigenvalue weighted by Crippen LogP contribution is -2.38. The zero-order chi connectivity index (χ0) is 16.6. The van der Waals surface area contributed by atoms with Crippen LogP contribution in [-0.4, -0.2) is 21.5 Å². The van der Waals surface area contributed by atoms with Gasteiger partial charge in [-0.25, -0.2) is 0 Å². The van der Waals surface area contributed by atoms with Crippen LogP contribution in [0.4, 0.5) is 0 Å². The summed E-state index contributed by atoms with van der Waals surface area (Å²) in [7, 11) is 1.64. The normalized spacial score (nSPS) is 18.7. The van der Waals surface area contributed by atoms with Gasteiger partial charge in [0, 0.05) is 41.8 Å². The Morgan fingerprint density at radius 1 is 1.52 bits per heavy atom. The standard InChI is InChI=1S/C17H18ClN3O2/c1-10(11-3-5-12(18)6-4-11)20-16(22)14-9-21(2)17(23)15-13(14)7-8-19-15/h3,5-11,19H,4H2,1-2H3,(H,20,22). The maximum absolute atomic E-state index is 12.6. The van der Waals surface area contributed by atoms with E-state index in [4.69, 9.17) is 11.6 Å². The van der Waals surface area contributed by atoms with Crippen LogP contribution in [0.25, 0.3) is 10.9 Å². The van der Waals surface area contributed by atoms with Gasteiger partial charge in [-0.2, -0.15) is 0 Å². The molecule has 1 amide bonds. The van der Waals surface area contributed by atoms with E-state index in [2.05, 4.69) is 10.3 Å². The lowest BCUT2D eigenvalue weighted by Gasteiger charge is -2.23. The summed E-state index contributed by atoms with van der Waals surface area (Å²) in [6, 6.07) is 1.71. The topological polar surface area (TPSA) is 66.9 Å². The summed E-state index contributed by atoms with van der Waals surface area (Å²) in [5, 5.41) is 4.38. The fraction of sp³-hybridized carbons (Fsp3) is 0.294. The van der Waals surface area contributed by atoms with Crippen LogP contribution >= 0.6 is 11.6 Å². The number of nitrogens with zero attached hydrogens (tertiary/aromatic N) is 1. The number of H-pyrrole nitrogens is 1. The number of carbonyl (C=O) groups is 1. The van der Waals surface area contributed by atoms with Crippen molar-refractivity contribution in [3.05, 3.63) is 57.6 Å². The molecule has 6 heteroatoms. The molecule has 1 aliphatic rings. The molecule has 5 nitrogen and oxygen atoms in total. The molecule has 2 atom stereocenters. The molecule has 0 saturated carbocycles. The number of carbonyl (C=O) groups excluding carboxylic acids is 1. The van der Waals surface area contributed by atoms with Gasteiger partial charge < -0.3 is 14.9 Å². The number of fused-ring (bicyclic) bond motifs is 1. The van der Waals surface area contributed by atoms with E-state index in [1.165, 1.54) is 4.57 Å². The maximum atomic E-state index is 12.6. The second-order valence-corrected chi connectivity index (χ2v) is 6.27. The summed E-state index contributed by atoms with van der Waals surface area (Å²) in [4.78, 5) is 27.6. The third-order valence-corrected chi connectivity index (χ3v) is 4.51. The zero-order valence-corrected chi connectivity index (χ0v) is 13.7. The van der Waals surface area contributed by atoms with Crippen molar-refractivity contribution in [2.45, 2.75) is 19.4 Å². The summed E-state index contributed by atoms with van der Waals surface area (Å²) in [5.41, 5.74) is 0.785. The molecule has 0 radical (unpaired) electrons. The molecule has 0 spiro atoms. The highest BCUT2D eigenvalue weighted by Gasteiger charge is 2.21. The van der Waals surface area contributed by atoms with E-state index >= 15 is 0 Å². The van der Waals surface area contributed by atoms with Gasteiger partial charge in [0.2, 0.25) is 0 Å². The van der Waals surface area contributed by atoms with Gasteiger partial charge in [-0.15, -0.1) is 0 Å². The van der Waals surface area contributed by atoms with Crippen molar-refractivity contribution < 1.29 is 4.79 Å². The minimum atomic E-state index is -0.188. The molecule has 0 aliphatic heterocycles. The van der Waals surface area contributed by atoms with Crippen molar-refractivity contribution in [2.24, 2.45) is 13.0 Å². The molecule has 120 valence electrons. The number of aryl methyl sites for hydroxylation is 1. The number of aromatic amines is 1. The van der Waals surface area contributed by atoms with E-state index in [1.807, 2.05) is 25.2 Å². The van der Waals surface area contributed by atoms with E-state index in [-0.39, 0.29) is 23.4 Å². The molecule has 2 N–H and O–H groups in total. The summed E-state index contributed by atoms with van der Waals surface area (Å²) in [6.07, 6.45) is 9.86.